The Morgan fingerprint density at radius 1 is 1.16 bits per heavy atom. The summed E-state index contributed by atoms with van der Waals surface area (Å²) in [5.74, 6) is 3.14. The number of thioether (sulfide) groups is 1. The summed E-state index contributed by atoms with van der Waals surface area (Å²) in [6, 6.07) is 6.37. The fourth-order valence-electron chi connectivity index (χ4n) is 3.69. The zero-order valence-corrected chi connectivity index (χ0v) is 19.2. The van der Waals surface area contributed by atoms with Crippen molar-refractivity contribution in [3.63, 3.8) is 0 Å². The molecule has 0 spiro atoms. The van der Waals surface area contributed by atoms with Gasteiger partial charge in [-0.25, -0.2) is 4.98 Å². The van der Waals surface area contributed by atoms with Gasteiger partial charge >= 0.3 is 0 Å². The highest BCUT2D eigenvalue weighted by Gasteiger charge is 2.32. The molecule has 3 aromatic rings. The summed E-state index contributed by atoms with van der Waals surface area (Å²) in [5.41, 5.74) is 1.96. The van der Waals surface area contributed by atoms with Crippen molar-refractivity contribution >= 4 is 29.0 Å². The van der Waals surface area contributed by atoms with E-state index in [2.05, 4.69) is 25.0 Å². The number of anilines is 1. The van der Waals surface area contributed by atoms with Crippen LogP contribution in [0.15, 0.2) is 28.7 Å². The van der Waals surface area contributed by atoms with Crippen LogP contribution in [0.2, 0.25) is 0 Å². The van der Waals surface area contributed by atoms with Gasteiger partial charge in [0.05, 0.1) is 38.7 Å². The van der Waals surface area contributed by atoms with Crippen LogP contribution in [-0.2, 0) is 10.5 Å². The average Bonchev–Trinajstić information content (AvgIpc) is 3.39. The Bertz CT molecular complexity index is 1040. The maximum atomic E-state index is 5.57. The Labute approximate surface area is 189 Å². The van der Waals surface area contributed by atoms with E-state index >= 15 is 0 Å². The molecular weight excluding hydrogens is 434 g/mol. The van der Waals surface area contributed by atoms with Crippen LogP contribution >= 0.6 is 23.1 Å². The number of para-hydroxylation sites is 1. The highest BCUT2D eigenvalue weighted by molar-refractivity contribution is 7.98. The van der Waals surface area contributed by atoms with E-state index in [4.69, 9.17) is 19.2 Å². The normalized spacial score (nSPS) is 16.5. The number of nitrogens with zero attached hydrogens (tertiary/aromatic N) is 5. The third kappa shape index (κ3) is 4.24. The third-order valence-electron chi connectivity index (χ3n) is 5.39. The highest BCUT2D eigenvalue weighted by Crippen LogP contribution is 2.42. The van der Waals surface area contributed by atoms with E-state index in [-0.39, 0.29) is 0 Å². The zero-order chi connectivity index (χ0) is 21.2. The maximum absolute atomic E-state index is 5.57. The van der Waals surface area contributed by atoms with Gasteiger partial charge in [0.15, 0.2) is 16.7 Å². The number of methoxy groups -OCH3 is 2. The standard InChI is InChI=1S/C21H25N5O3S2/c1-27-17-5-3-4-16(18(17)28-2)19-22-14(12-30-19)13-31-21-24-23-20(26(21)15-6-7-15)25-8-10-29-11-9-25/h3-5,12,15H,6-11,13H2,1-2H3. The molecular formula is C21H25N5O3S2. The van der Waals surface area contributed by atoms with Crippen LogP contribution in [0.4, 0.5) is 5.95 Å². The lowest BCUT2D eigenvalue weighted by Crippen LogP contribution is -2.38. The summed E-state index contributed by atoms with van der Waals surface area (Å²) in [7, 11) is 3.30. The first-order valence-electron chi connectivity index (χ1n) is 10.3. The average molecular weight is 460 g/mol. The van der Waals surface area contributed by atoms with E-state index < -0.39 is 0 Å². The molecule has 0 amide bonds. The second kappa shape index (κ2) is 9.05. The molecule has 10 heteroatoms. The van der Waals surface area contributed by atoms with Gasteiger partial charge in [-0.15, -0.1) is 21.5 Å². The largest absolute Gasteiger partial charge is 0.493 e. The topological polar surface area (TPSA) is 74.5 Å². The van der Waals surface area contributed by atoms with Gasteiger partial charge in [-0.05, 0) is 25.0 Å². The van der Waals surface area contributed by atoms with Gasteiger partial charge in [0.1, 0.15) is 5.01 Å². The van der Waals surface area contributed by atoms with Crippen LogP contribution in [0.1, 0.15) is 24.6 Å². The van der Waals surface area contributed by atoms with Crippen LogP contribution in [-0.4, -0.2) is 60.3 Å². The molecule has 2 aromatic heterocycles. The minimum Gasteiger partial charge on any atom is -0.493 e. The molecule has 0 atom stereocenters. The summed E-state index contributed by atoms with van der Waals surface area (Å²) < 4.78 is 18.8. The van der Waals surface area contributed by atoms with Crippen LogP contribution in [0.5, 0.6) is 11.5 Å². The van der Waals surface area contributed by atoms with Crippen molar-refractivity contribution in [2.24, 2.45) is 0 Å². The number of hydrogen-bond acceptors (Lipinski definition) is 9. The second-order valence-electron chi connectivity index (χ2n) is 7.46. The van der Waals surface area contributed by atoms with Gasteiger partial charge in [0, 0.05) is 30.3 Å². The molecule has 0 radical (unpaired) electrons. The summed E-state index contributed by atoms with van der Waals surface area (Å²) in [6.45, 7) is 3.23. The van der Waals surface area contributed by atoms with Crippen LogP contribution in [0, 0.1) is 0 Å². The first-order valence-corrected chi connectivity index (χ1v) is 12.2. The molecule has 0 bridgehead atoms. The number of benzene rings is 1. The third-order valence-corrected chi connectivity index (χ3v) is 7.29. The molecule has 1 saturated carbocycles. The van der Waals surface area contributed by atoms with E-state index in [0.717, 1.165) is 59.4 Å². The predicted octanol–water partition coefficient (Wildman–Crippen LogP) is 3.88. The molecule has 3 heterocycles. The number of thiazole rings is 1. The molecule has 1 aliphatic carbocycles. The SMILES string of the molecule is COc1cccc(-c2nc(CSc3nnc(N4CCOCC4)n3C3CC3)cs2)c1OC. The Hall–Kier alpha value is -2.30. The molecule has 31 heavy (non-hydrogen) atoms. The smallest absolute Gasteiger partial charge is 0.228 e. The van der Waals surface area contributed by atoms with Crippen LogP contribution in [0.25, 0.3) is 10.6 Å². The number of morpholine rings is 1. The van der Waals surface area contributed by atoms with Gasteiger partial charge in [-0.2, -0.15) is 0 Å². The Morgan fingerprint density at radius 3 is 2.74 bits per heavy atom. The van der Waals surface area contributed by atoms with Crippen molar-refractivity contribution in [1.29, 1.82) is 0 Å². The van der Waals surface area contributed by atoms with Crippen molar-refractivity contribution in [2.75, 3.05) is 45.4 Å². The monoisotopic (exact) mass is 459 g/mol. The number of rotatable bonds is 8. The zero-order valence-electron chi connectivity index (χ0n) is 17.6. The summed E-state index contributed by atoms with van der Waals surface area (Å²) in [6.07, 6.45) is 2.39. The molecule has 1 aromatic carbocycles. The van der Waals surface area contributed by atoms with Crippen LogP contribution < -0.4 is 14.4 Å². The first kappa shape index (κ1) is 20.6. The van der Waals surface area contributed by atoms with E-state index in [1.54, 1.807) is 37.3 Å². The van der Waals surface area contributed by atoms with Gasteiger partial charge in [-0.1, -0.05) is 17.8 Å². The van der Waals surface area contributed by atoms with E-state index in [1.807, 2.05) is 18.2 Å². The summed E-state index contributed by atoms with van der Waals surface area (Å²) >= 11 is 3.31. The molecule has 164 valence electrons. The highest BCUT2D eigenvalue weighted by atomic mass is 32.2. The van der Waals surface area contributed by atoms with Gasteiger partial charge in [-0.3, -0.25) is 4.57 Å². The van der Waals surface area contributed by atoms with E-state index in [0.29, 0.717) is 17.5 Å². The Morgan fingerprint density at radius 2 is 2.00 bits per heavy atom. The molecule has 1 aliphatic heterocycles. The van der Waals surface area contributed by atoms with Crippen molar-refractivity contribution in [3.05, 3.63) is 29.3 Å². The van der Waals surface area contributed by atoms with Crippen molar-refractivity contribution in [3.8, 4) is 22.1 Å². The molecule has 8 nitrogen and oxygen atoms in total. The molecule has 2 aliphatic rings. The van der Waals surface area contributed by atoms with Crippen LogP contribution in [0.3, 0.4) is 0 Å². The van der Waals surface area contributed by atoms with E-state index in [1.165, 1.54) is 12.8 Å². The minimum absolute atomic E-state index is 0.516. The Kier molecular flexibility index (Phi) is 6.02. The molecule has 0 N–H and O–H groups in total. The summed E-state index contributed by atoms with van der Waals surface area (Å²) in [4.78, 5) is 7.13. The predicted molar refractivity (Wildman–Crippen MR) is 122 cm³/mol. The molecule has 2 fully saturated rings. The fourth-order valence-corrected chi connectivity index (χ4v) is 5.53. The maximum Gasteiger partial charge on any atom is 0.228 e. The minimum atomic E-state index is 0.516. The van der Waals surface area contributed by atoms with Crippen molar-refractivity contribution in [1.82, 2.24) is 19.7 Å². The summed E-state index contributed by atoms with van der Waals surface area (Å²) in [5, 5.41) is 13.0. The van der Waals surface area contributed by atoms with E-state index in [9.17, 15) is 0 Å². The number of hydrogen-bond donors (Lipinski definition) is 0. The number of aromatic nitrogens is 4. The lowest BCUT2D eigenvalue weighted by molar-refractivity contribution is 0.121. The van der Waals surface area contributed by atoms with Gasteiger partial charge in [0.25, 0.3) is 0 Å². The quantitative estimate of drug-likeness (QED) is 0.470. The number of ether oxygens (including phenoxy) is 3. The van der Waals surface area contributed by atoms with Crippen molar-refractivity contribution in [2.45, 2.75) is 29.8 Å². The second-order valence-corrected chi connectivity index (χ2v) is 9.26. The van der Waals surface area contributed by atoms with Crippen molar-refractivity contribution < 1.29 is 14.2 Å². The lowest BCUT2D eigenvalue weighted by Gasteiger charge is -2.27. The lowest BCUT2D eigenvalue weighted by atomic mass is 10.2. The van der Waals surface area contributed by atoms with Gasteiger partial charge < -0.3 is 19.1 Å². The molecule has 0 unspecified atom stereocenters. The Balaban J connectivity index is 1.33. The molecule has 5 rings (SSSR count). The molecule has 1 saturated heterocycles. The fraction of sp³-hybridized carbons (Fsp3) is 0.476. The first-order chi connectivity index (χ1) is 15.3. The van der Waals surface area contributed by atoms with Gasteiger partial charge in [0.2, 0.25) is 5.95 Å².